The second-order valence-corrected chi connectivity index (χ2v) is 4.17. The minimum Gasteiger partial charge on any atom is -0.365 e. The Bertz CT molecular complexity index is 424. The van der Waals surface area contributed by atoms with Crippen LogP contribution in [-0.2, 0) is 0 Å². The number of nitrogens with zero attached hydrogens (tertiary/aromatic N) is 3. The van der Waals surface area contributed by atoms with Gasteiger partial charge in [-0.2, -0.15) is 5.10 Å². The first kappa shape index (κ1) is 10.9. The molecule has 0 atom stereocenters. The average Bonchev–Trinajstić information content (AvgIpc) is 2.74. The van der Waals surface area contributed by atoms with Crippen molar-refractivity contribution in [3.63, 3.8) is 0 Å². The van der Waals surface area contributed by atoms with Crippen LogP contribution in [0.4, 0.5) is 5.82 Å². The molecule has 1 fully saturated rings. The second-order valence-electron chi connectivity index (χ2n) is 4.17. The zero-order chi connectivity index (χ0) is 11.7. The van der Waals surface area contributed by atoms with Gasteiger partial charge < -0.3 is 10.6 Å². The maximum Gasteiger partial charge on any atom is 0.252 e. The highest BCUT2D eigenvalue weighted by Gasteiger charge is 2.22. The van der Waals surface area contributed by atoms with Crippen molar-refractivity contribution in [1.29, 1.82) is 0 Å². The summed E-state index contributed by atoms with van der Waals surface area (Å²) in [6, 6.07) is 0. The highest BCUT2D eigenvalue weighted by molar-refractivity contribution is 5.99. The molecule has 0 radical (unpaired) electrons. The van der Waals surface area contributed by atoms with Crippen LogP contribution >= 0.6 is 0 Å². The van der Waals surface area contributed by atoms with E-state index in [-0.39, 0.29) is 0 Å². The van der Waals surface area contributed by atoms with E-state index in [9.17, 15) is 4.79 Å². The molecule has 1 aromatic heterocycles. The van der Waals surface area contributed by atoms with Crippen LogP contribution < -0.4 is 10.6 Å². The van der Waals surface area contributed by atoms with Gasteiger partial charge in [0.15, 0.2) is 5.82 Å². The fourth-order valence-electron chi connectivity index (χ4n) is 2.04. The Labute approximate surface area is 94.6 Å². The summed E-state index contributed by atoms with van der Waals surface area (Å²) in [5.41, 5.74) is 7.54. The van der Waals surface area contributed by atoms with E-state index in [1.807, 2.05) is 13.8 Å². The lowest BCUT2D eigenvalue weighted by Gasteiger charge is -2.19. The van der Waals surface area contributed by atoms with Crippen LogP contribution in [0.25, 0.3) is 0 Å². The molecule has 5 nitrogen and oxygen atoms in total. The molecule has 1 aliphatic rings. The summed E-state index contributed by atoms with van der Waals surface area (Å²) >= 11 is 0. The number of primary amides is 1. The van der Waals surface area contributed by atoms with E-state index in [1.54, 1.807) is 0 Å². The number of amides is 1. The summed E-state index contributed by atoms with van der Waals surface area (Å²) in [5, 5.41) is 8.18. The maximum absolute atomic E-state index is 11.5. The first-order valence-electron chi connectivity index (χ1n) is 5.50. The number of rotatable bonds is 2. The molecule has 5 heteroatoms. The lowest BCUT2D eigenvalue weighted by molar-refractivity contribution is 0.0999. The Morgan fingerprint density at radius 2 is 1.88 bits per heavy atom. The van der Waals surface area contributed by atoms with Crippen LogP contribution in [0.15, 0.2) is 0 Å². The molecule has 0 unspecified atom stereocenters. The zero-order valence-electron chi connectivity index (χ0n) is 9.66. The molecule has 1 amide bonds. The van der Waals surface area contributed by atoms with Crippen molar-refractivity contribution in [3.8, 4) is 0 Å². The van der Waals surface area contributed by atoms with Gasteiger partial charge in [-0.25, -0.2) is 0 Å². The third-order valence-electron chi connectivity index (χ3n) is 3.09. The lowest BCUT2D eigenvalue weighted by Crippen LogP contribution is -2.26. The molecular formula is C11H16N4O. The molecule has 86 valence electrons. The van der Waals surface area contributed by atoms with Gasteiger partial charge in [-0.3, -0.25) is 4.79 Å². The Kier molecular flexibility index (Phi) is 2.77. The summed E-state index contributed by atoms with van der Waals surface area (Å²) in [6.45, 7) is 5.56. The lowest BCUT2D eigenvalue weighted by atomic mass is 10.1. The van der Waals surface area contributed by atoms with Crippen molar-refractivity contribution < 1.29 is 4.79 Å². The minimum absolute atomic E-state index is 0.419. The Morgan fingerprint density at radius 1 is 1.25 bits per heavy atom. The normalized spacial score (nSPS) is 15.5. The number of hydrogen-bond acceptors (Lipinski definition) is 4. The van der Waals surface area contributed by atoms with Gasteiger partial charge in [0, 0.05) is 13.1 Å². The molecule has 2 rings (SSSR count). The van der Waals surface area contributed by atoms with Crippen molar-refractivity contribution in [1.82, 2.24) is 10.2 Å². The molecule has 1 saturated heterocycles. The molecule has 1 aromatic rings. The van der Waals surface area contributed by atoms with E-state index in [2.05, 4.69) is 15.1 Å². The summed E-state index contributed by atoms with van der Waals surface area (Å²) < 4.78 is 0. The van der Waals surface area contributed by atoms with Crippen molar-refractivity contribution in [3.05, 3.63) is 16.8 Å². The van der Waals surface area contributed by atoms with Crippen LogP contribution in [0.2, 0.25) is 0 Å². The SMILES string of the molecule is Cc1nnc(N2CCCC2)c(C(N)=O)c1C. The molecule has 0 aromatic carbocycles. The zero-order valence-corrected chi connectivity index (χ0v) is 9.66. The van der Waals surface area contributed by atoms with Crippen LogP contribution in [0.3, 0.4) is 0 Å². The van der Waals surface area contributed by atoms with Gasteiger partial charge in [-0.1, -0.05) is 0 Å². The monoisotopic (exact) mass is 220 g/mol. The fourth-order valence-corrected chi connectivity index (χ4v) is 2.04. The molecule has 2 N–H and O–H groups in total. The maximum atomic E-state index is 11.5. The number of carbonyl (C=O) groups excluding carboxylic acids is 1. The number of carbonyl (C=O) groups is 1. The molecule has 0 spiro atoms. The Morgan fingerprint density at radius 3 is 2.44 bits per heavy atom. The van der Waals surface area contributed by atoms with E-state index in [4.69, 9.17) is 5.73 Å². The van der Waals surface area contributed by atoms with Crippen LogP contribution in [0.5, 0.6) is 0 Å². The average molecular weight is 220 g/mol. The predicted molar refractivity (Wildman–Crippen MR) is 61.5 cm³/mol. The van der Waals surface area contributed by atoms with Gasteiger partial charge in [0.05, 0.1) is 11.3 Å². The van der Waals surface area contributed by atoms with Crippen LogP contribution in [0, 0.1) is 13.8 Å². The molecule has 1 aliphatic heterocycles. The van der Waals surface area contributed by atoms with E-state index >= 15 is 0 Å². The Balaban J connectivity index is 2.51. The van der Waals surface area contributed by atoms with E-state index in [0.29, 0.717) is 11.4 Å². The molecule has 0 bridgehead atoms. The Hall–Kier alpha value is -1.65. The minimum atomic E-state index is -0.419. The van der Waals surface area contributed by atoms with Crippen LogP contribution in [-0.4, -0.2) is 29.2 Å². The number of hydrogen-bond donors (Lipinski definition) is 1. The van der Waals surface area contributed by atoms with E-state index in [0.717, 1.165) is 37.2 Å². The standard InChI is InChI=1S/C11H16N4O/c1-7-8(2)13-14-11(9(7)10(12)16)15-5-3-4-6-15/h3-6H2,1-2H3,(H2,12,16). The molecule has 2 heterocycles. The number of anilines is 1. The number of aromatic nitrogens is 2. The van der Waals surface area contributed by atoms with Crippen molar-refractivity contribution in [2.75, 3.05) is 18.0 Å². The van der Waals surface area contributed by atoms with Crippen molar-refractivity contribution in [2.45, 2.75) is 26.7 Å². The number of aryl methyl sites for hydroxylation is 1. The van der Waals surface area contributed by atoms with Gasteiger partial charge in [0.1, 0.15) is 0 Å². The first-order chi connectivity index (χ1) is 7.61. The molecule has 0 aliphatic carbocycles. The summed E-state index contributed by atoms with van der Waals surface area (Å²) in [6.07, 6.45) is 2.26. The second kappa shape index (κ2) is 4.08. The third kappa shape index (κ3) is 1.73. The smallest absolute Gasteiger partial charge is 0.252 e. The summed E-state index contributed by atoms with van der Waals surface area (Å²) in [4.78, 5) is 13.6. The van der Waals surface area contributed by atoms with E-state index < -0.39 is 5.91 Å². The van der Waals surface area contributed by atoms with Gasteiger partial charge in [-0.15, -0.1) is 5.10 Å². The van der Waals surface area contributed by atoms with Gasteiger partial charge in [0.2, 0.25) is 0 Å². The largest absolute Gasteiger partial charge is 0.365 e. The summed E-state index contributed by atoms with van der Waals surface area (Å²) in [7, 11) is 0. The van der Waals surface area contributed by atoms with Gasteiger partial charge in [-0.05, 0) is 32.3 Å². The van der Waals surface area contributed by atoms with E-state index in [1.165, 1.54) is 0 Å². The molecule has 0 saturated carbocycles. The van der Waals surface area contributed by atoms with Crippen LogP contribution in [0.1, 0.15) is 34.5 Å². The fraction of sp³-hybridized carbons (Fsp3) is 0.545. The molecular weight excluding hydrogens is 204 g/mol. The van der Waals surface area contributed by atoms with Crippen molar-refractivity contribution >= 4 is 11.7 Å². The molecule has 16 heavy (non-hydrogen) atoms. The highest BCUT2D eigenvalue weighted by atomic mass is 16.1. The van der Waals surface area contributed by atoms with Crippen molar-refractivity contribution in [2.24, 2.45) is 5.73 Å². The number of nitrogens with two attached hydrogens (primary N) is 1. The highest BCUT2D eigenvalue weighted by Crippen LogP contribution is 2.24. The topological polar surface area (TPSA) is 72.1 Å². The van der Waals surface area contributed by atoms with Gasteiger partial charge in [0.25, 0.3) is 5.91 Å². The predicted octanol–water partition coefficient (Wildman–Crippen LogP) is 0.793. The summed E-state index contributed by atoms with van der Waals surface area (Å²) in [5.74, 6) is 0.227. The third-order valence-corrected chi connectivity index (χ3v) is 3.09. The quantitative estimate of drug-likeness (QED) is 0.800. The first-order valence-corrected chi connectivity index (χ1v) is 5.50. The van der Waals surface area contributed by atoms with Gasteiger partial charge >= 0.3 is 0 Å².